The summed E-state index contributed by atoms with van der Waals surface area (Å²) in [6, 6.07) is 13.3. The zero-order valence-electron chi connectivity index (χ0n) is 14.8. The topological polar surface area (TPSA) is 47.6 Å². The largest absolute Gasteiger partial charge is 0.494 e. The second-order valence-corrected chi connectivity index (χ2v) is 8.20. The first kappa shape index (κ1) is 18.4. The Balaban J connectivity index is 1.99. The number of benzene rings is 2. The van der Waals surface area contributed by atoms with Crippen LogP contribution in [0.25, 0.3) is 0 Å². The first-order valence-electron chi connectivity index (χ1n) is 8.24. The number of hydrogen-bond acceptors (Lipinski definition) is 3. The Hall–Kier alpha value is -1.93. The van der Waals surface area contributed by atoms with Crippen molar-refractivity contribution < 1.29 is 13.8 Å². The number of nitrogens with one attached hydrogen (secondary N) is 1. The molecule has 0 aromatic heterocycles. The van der Waals surface area contributed by atoms with E-state index in [0.29, 0.717) is 12.4 Å². The van der Waals surface area contributed by atoms with Crippen molar-refractivity contribution in [2.24, 2.45) is 0 Å². The van der Waals surface area contributed by atoms with E-state index in [4.69, 9.17) is 9.26 Å². The molecule has 2 rings (SSSR count). The standard InChI is InChI=1S/C19H26NO3P/c1-5-6-11-22-18-9-7-17(8-10-18)20-24(4,21)23-19-13-15(2)12-16(3)14-19/h7-10,12-14H,5-6,11H2,1-4H3,(H,20,21)/t24-/m1/s1. The van der Waals surface area contributed by atoms with Gasteiger partial charge in [0.05, 0.1) is 6.61 Å². The Morgan fingerprint density at radius 2 is 1.62 bits per heavy atom. The van der Waals surface area contributed by atoms with E-state index in [0.717, 1.165) is 35.4 Å². The summed E-state index contributed by atoms with van der Waals surface area (Å²) in [5, 5.41) is 2.98. The van der Waals surface area contributed by atoms with E-state index >= 15 is 0 Å². The lowest BCUT2D eigenvalue weighted by molar-refractivity contribution is 0.309. The molecule has 0 amide bonds. The van der Waals surface area contributed by atoms with Crippen LogP contribution in [0.2, 0.25) is 0 Å². The number of anilines is 1. The smallest absolute Gasteiger partial charge is 0.338 e. The maximum absolute atomic E-state index is 12.7. The lowest BCUT2D eigenvalue weighted by atomic mass is 10.1. The van der Waals surface area contributed by atoms with Crippen molar-refractivity contribution >= 4 is 13.2 Å². The van der Waals surface area contributed by atoms with E-state index in [1.807, 2.05) is 50.2 Å². The molecule has 24 heavy (non-hydrogen) atoms. The molecule has 1 atom stereocenters. The van der Waals surface area contributed by atoms with Crippen LogP contribution < -0.4 is 14.3 Å². The Bertz CT molecular complexity index is 693. The molecule has 0 spiro atoms. The van der Waals surface area contributed by atoms with Gasteiger partial charge in [0.25, 0.3) is 0 Å². The van der Waals surface area contributed by atoms with Crippen LogP contribution in [0.4, 0.5) is 5.69 Å². The normalized spacial score (nSPS) is 13.2. The van der Waals surface area contributed by atoms with Gasteiger partial charge in [-0.15, -0.1) is 0 Å². The van der Waals surface area contributed by atoms with Gasteiger partial charge in [-0.3, -0.25) is 4.57 Å². The molecular weight excluding hydrogens is 321 g/mol. The van der Waals surface area contributed by atoms with Crippen LogP contribution in [0, 0.1) is 13.8 Å². The summed E-state index contributed by atoms with van der Waals surface area (Å²) in [4.78, 5) is 0. The molecule has 0 saturated carbocycles. The fourth-order valence-corrected chi connectivity index (χ4v) is 3.58. The number of ether oxygens (including phenoxy) is 1. The molecule has 2 aromatic rings. The molecule has 1 N–H and O–H groups in total. The van der Waals surface area contributed by atoms with Gasteiger partial charge in [0.15, 0.2) is 0 Å². The van der Waals surface area contributed by atoms with Crippen molar-refractivity contribution in [3.05, 3.63) is 53.6 Å². The fourth-order valence-electron chi connectivity index (χ4n) is 2.40. The van der Waals surface area contributed by atoms with Gasteiger partial charge in [0, 0.05) is 12.4 Å². The summed E-state index contributed by atoms with van der Waals surface area (Å²) in [5.74, 6) is 1.43. The van der Waals surface area contributed by atoms with Gasteiger partial charge >= 0.3 is 7.52 Å². The Labute approximate surface area is 144 Å². The van der Waals surface area contributed by atoms with Crippen LogP contribution in [0.1, 0.15) is 30.9 Å². The van der Waals surface area contributed by atoms with Crippen molar-refractivity contribution in [1.29, 1.82) is 0 Å². The van der Waals surface area contributed by atoms with Crippen molar-refractivity contribution in [3.63, 3.8) is 0 Å². The molecule has 0 saturated heterocycles. The molecule has 0 radical (unpaired) electrons. The number of hydrogen-bond donors (Lipinski definition) is 1. The highest BCUT2D eigenvalue weighted by molar-refractivity contribution is 7.60. The van der Waals surface area contributed by atoms with Gasteiger partial charge in [0.2, 0.25) is 0 Å². The maximum atomic E-state index is 12.7. The molecule has 4 nitrogen and oxygen atoms in total. The third kappa shape index (κ3) is 5.93. The fraction of sp³-hybridized carbons (Fsp3) is 0.368. The molecule has 0 aliphatic rings. The monoisotopic (exact) mass is 347 g/mol. The number of unbranched alkanes of at least 4 members (excludes halogenated alkanes) is 1. The molecule has 130 valence electrons. The van der Waals surface area contributed by atoms with Crippen LogP contribution in [-0.2, 0) is 4.57 Å². The average Bonchev–Trinajstić information content (AvgIpc) is 2.47. The molecule has 2 aromatic carbocycles. The third-order valence-corrected chi connectivity index (χ3v) is 4.65. The number of aryl methyl sites for hydroxylation is 2. The van der Waals surface area contributed by atoms with Gasteiger partial charge in [0.1, 0.15) is 11.5 Å². The van der Waals surface area contributed by atoms with E-state index in [2.05, 4.69) is 18.1 Å². The molecule has 0 aliphatic heterocycles. The summed E-state index contributed by atoms with van der Waals surface area (Å²) < 4.78 is 24.0. The second kappa shape index (κ2) is 8.25. The van der Waals surface area contributed by atoms with Crippen LogP contribution in [-0.4, -0.2) is 13.3 Å². The van der Waals surface area contributed by atoms with Crippen molar-refractivity contribution in [2.45, 2.75) is 33.6 Å². The van der Waals surface area contributed by atoms with E-state index < -0.39 is 7.52 Å². The first-order chi connectivity index (χ1) is 11.4. The second-order valence-electron chi connectivity index (χ2n) is 6.10. The van der Waals surface area contributed by atoms with Gasteiger partial charge in [-0.25, -0.2) is 0 Å². The summed E-state index contributed by atoms with van der Waals surface area (Å²) in [6.07, 6.45) is 2.14. The maximum Gasteiger partial charge on any atom is 0.338 e. The Kier molecular flexibility index (Phi) is 6.33. The van der Waals surface area contributed by atoms with E-state index in [-0.39, 0.29) is 0 Å². The van der Waals surface area contributed by atoms with Crippen LogP contribution in [0.15, 0.2) is 42.5 Å². The van der Waals surface area contributed by atoms with Crippen molar-refractivity contribution in [2.75, 3.05) is 18.4 Å². The predicted molar refractivity (Wildman–Crippen MR) is 101 cm³/mol. The lowest BCUT2D eigenvalue weighted by Crippen LogP contribution is -2.03. The quantitative estimate of drug-likeness (QED) is 0.484. The molecular formula is C19H26NO3P. The average molecular weight is 347 g/mol. The zero-order chi connectivity index (χ0) is 17.6. The van der Waals surface area contributed by atoms with Gasteiger partial charge in [-0.2, -0.15) is 0 Å². The first-order valence-corrected chi connectivity index (χ1v) is 10.3. The highest BCUT2D eigenvalue weighted by Crippen LogP contribution is 2.43. The molecule has 5 heteroatoms. The molecule has 0 aliphatic carbocycles. The third-order valence-electron chi connectivity index (χ3n) is 3.43. The van der Waals surface area contributed by atoms with E-state index in [1.165, 1.54) is 0 Å². The van der Waals surface area contributed by atoms with Crippen LogP contribution in [0.5, 0.6) is 11.5 Å². The van der Waals surface area contributed by atoms with E-state index in [9.17, 15) is 4.57 Å². The molecule has 0 unspecified atom stereocenters. The van der Waals surface area contributed by atoms with Crippen molar-refractivity contribution in [3.8, 4) is 11.5 Å². The van der Waals surface area contributed by atoms with Gasteiger partial charge in [-0.05, 0) is 67.8 Å². The SMILES string of the molecule is CCCCOc1ccc(N[P@](C)(=O)Oc2cc(C)cc(C)c2)cc1. The number of rotatable bonds is 8. The van der Waals surface area contributed by atoms with Gasteiger partial charge < -0.3 is 14.3 Å². The highest BCUT2D eigenvalue weighted by Gasteiger charge is 2.17. The summed E-state index contributed by atoms with van der Waals surface area (Å²) in [7, 11) is -3.01. The van der Waals surface area contributed by atoms with Crippen LogP contribution >= 0.6 is 7.52 Å². The summed E-state index contributed by atoms with van der Waals surface area (Å²) >= 11 is 0. The minimum atomic E-state index is -3.01. The molecule has 0 bridgehead atoms. The molecule has 0 heterocycles. The summed E-state index contributed by atoms with van der Waals surface area (Å²) in [5.41, 5.74) is 2.91. The predicted octanol–water partition coefficient (Wildman–Crippen LogP) is 5.80. The minimum absolute atomic E-state index is 0.616. The van der Waals surface area contributed by atoms with Crippen molar-refractivity contribution in [1.82, 2.24) is 0 Å². The highest BCUT2D eigenvalue weighted by atomic mass is 31.2. The Morgan fingerprint density at radius 1 is 1.00 bits per heavy atom. The zero-order valence-corrected chi connectivity index (χ0v) is 15.7. The van der Waals surface area contributed by atoms with E-state index in [1.54, 1.807) is 6.66 Å². The lowest BCUT2D eigenvalue weighted by Gasteiger charge is -2.18. The minimum Gasteiger partial charge on any atom is -0.494 e. The summed E-state index contributed by atoms with van der Waals surface area (Å²) in [6.45, 7) is 8.41. The Morgan fingerprint density at radius 3 is 2.21 bits per heavy atom. The van der Waals surface area contributed by atoms with Gasteiger partial charge in [-0.1, -0.05) is 19.4 Å². The molecule has 0 fully saturated rings. The van der Waals surface area contributed by atoms with Crippen LogP contribution in [0.3, 0.4) is 0 Å².